The average molecular weight is 266 g/mol. The molecule has 0 amide bonds. The molecule has 0 aliphatic heterocycles. The third-order valence-corrected chi connectivity index (χ3v) is 2.88. The molecule has 0 N–H and O–H groups in total. The first kappa shape index (κ1) is 12.4. The SMILES string of the molecule is Cc1ccc(OCc2noc(-c3ccccc3)n2)cc1. The summed E-state index contributed by atoms with van der Waals surface area (Å²) in [5.41, 5.74) is 2.10. The Morgan fingerprint density at radius 1 is 1.00 bits per heavy atom. The van der Waals surface area contributed by atoms with Crippen LogP contribution in [0.2, 0.25) is 0 Å². The van der Waals surface area contributed by atoms with E-state index < -0.39 is 0 Å². The lowest BCUT2D eigenvalue weighted by Crippen LogP contribution is -1.97. The minimum atomic E-state index is 0.291. The van der Waals surface area contributed by atoms with Crippen molar-refractivity contribution in [3.63, 3.8) is 0 Å². The van der Waals surface area contributed by atoms with Gasteiger partial charge in [0.25, 0.3) is 5.89 Å². The maximum Gasteiger partial charge on any atom is 0.258 e. The van der Waals surface area contributed by atoms with Crippen molar-refractivity contribution in [1.82, 2.24) is 10.1 Å². The largest absolute Gasteiger partial charge is 0.485 e. The first-order chi connectivity index (χ1) is 9.81. The summed E-state index contributed by atoms with van der Waals surface area (Å²) in [4.78, 5) is 4.31. The van der Waals surface area contributed by atoms with Gasteiger partial charge in [-0.15, -0.1) is 0 Å². The van der Waals surface area contributed by atoms with Crippen molar-refractivity contribution in [2.75, 3.05) is 0 Å². The second kappa shape index (κ2) is 5.57. The summed E-state index contributed by atoms with van der Waals surface area (Å²) in [6.45, 7) is 2.33. The number of aryl methyl sites for hydroxylation is 1. The van der Waals surface area contributed by atoms with Crippen LogP contribution in [-0.4, -0.2) is 10.1 Å². The van der Waals surface area contributed by atoms with E-state index in [0.29, 0.717) is 18.3 Å². The normalized spacial score (nSPS) is 10.4. The molecule has 0 radical (unpaired) electrons. The predicted octanol–water partition coefficient (Wildman–Crippen LogP) is 3.62. The number of aromatic nitrogens is 2. The van der Waals surface area contributed by atoms with Crippen LogP contribution in [0.3, 0.4) is 0 Å². The van der Waals surface area contributed by atoms with E-state index in [1.54, 1.807) is 0 Å². The maximum atomic E-state index is 5.61. The van der Waals surface area contributed by atoms with E-state index in [9.17, 15) is 0 Å². The Hall–Kier alpha value is -2.62. The zero-order valence-electron chi connectivity index (χ0n) is 11.1. The number of nitrogens with zero attached hydrogens (tertiary/aromatic N) is 2. The van der Waals surface area contributed by atoms with Gasteiger partial charge in [-0.05, 0) is 31.2 Å². The van der Waals surface area contributed by atoms with Crippen molar-refractivity contribution in [1.29, 1.82) is 0 Å². The molecule has 0 fully saturated rings. The molecular formula is C16H14N2O2. The number of ether oxygens (including phenoxy) is 1. The van der Waals surface area contributed by atoms with Gasteiger partial charge < -0.3 is 9.26 Å². The topological polar surface area (TPSA) is 48.2 Å². The third kappa shape index (κ3) is 2.85. The van der Waals surface area contributed by atoms with Crippen LogP contribution in [0, 0.1) is 6.92 Å². The molecule has 0 aliphatic rings. The molecule has 4 nitrogen and oxygen atoms in total. The molecule has 0 spiro atoms. The second-order valence-electron chi connectivity index (χ2n) is 4.48. The lowest BCUT2D eigenvalue weighted by Gasteiger charge is -2.02. The summed E-state index contributed by atoms with van der Waals surface area (Å²) < 4.78 is 10.8. The van der Waals surface area contributed by atoms with Crippen LogP contribution in [0.25, 0.3) is 11.5 Å². The summed E-state index contributed by atoms with van der Waals surface area (Å²) in [7, 11) is 0. The standard InChI is InChI=1S/C16H14N2O2/c1-12-7-9-14(10-8-12)19-11-15-17-16(20-18-15)13-5-3-2-4-6-13/h2-10H,11H2,1H3. The lowest BCUT2D eigenvalue weighted by atomic mass is 10.2. The van der Waals surface area contributed by atoms with Gasteiger partial charge in [-0.3, -0.25) is 0 Å². The molecular weight excluding hydrogens is 252 g/mol. The molecule has 1 heterocycles. The first-order valence-electron chi connectivity index (χ1n) is 6.39. The molecule has 0 bridgehead atoms. The van der Waals surface area contributed by atoms with Gasteiger partial charge in [0.05, 0.1) is 0 Å². The lowest BCUT2D eigenvalue weighted by molar-refractivity contribution is 0.287. The highest BCUT2D eigenvalue weighted by Gasteiger charge is 2.08. The predicted molar refractivity (Wildman–Crippen MR) is 75.2 cm³/mol. The highest BCUT2D eigenvalue weighted by Crippen LogP contribution is 2.17. The van der Waals surface area contributed by atoms with E-state index in [1.165, 1.54) is 5.56 Å². The Labute approximate surface area is 117 Å². The van der Waals surface area contributed by atoms with E-state index in [-0.39, 0.29) is 0 Å². The van der Waals surface area contributed by atoms with Gasteiger partial charge >= 0.3 is 0 Å². The zero-order valence-corrected chi connectivity index (χ0v) is 11.1. The zero-order chi connectivity index (χ0) is 13.8. The highest BCUT2D eigenvalue weighted by atomic mass is 16.5. The van der Waals surface area contributed by atoms with E-state index in [1.807, 2.05) is 61.5 Å². The first-order valence-corrected chi connectivity index (χ1v) is 6.39. The Balaban J connectivity index is 1.67. The van der Waals surface area contributed by atoms with Crippen LogP contribution in [-0.2, 0) is 6.61 Å². The summed E-state index contributed by atoms with van der Waals surface area (Å²) in [5, 5.41) is 3.91. The molecule has 0 saturated heterocycles. The van der Waals surface area contributed by atoms with Crippen LogP contribution < -0.4 is 4.74 Å². The molecule has 0 unspecified atom stereocenters. The summed E-state index contributed by atoms with van der Waals surface area (Å²) in [6, 6.07) is 17.5. The van der Waals surface area contributed by atoms with Crippen LogP contribution in [0.5, 0.6) is 5.75 Å². The minimum Gasteiger partial charge on any atom is -0.485 e. The molecule has 100 valence electrons. The van der Waals surface area contributed by atoms with Crippen LogP contribution in [0.1, 0.15) is 11.4 Å². The second-order valence-corrected chi connectivity index (χ2v) is 4.48. The van der Waals surface area contributed by atoms with Gasteiger partial charge in [-0.1, -0.05) is 41.1 Å². The van der Waals surface area contributed by atoms with Gasteiger partial charge in [0.2, 0.25) is 5.82 Å². The Morgan fingerprint density at radius 2 is 1.75 bits per heavy atom. The molecule has 3 rings (SSSR count). The average Bonchev–Trinajstić information content (AvgIpc) is 2.97. The van der Waals surface area contributed by atoms with Gasteiger partial charge in [-0.2, -0.15) is 4.98 Å². The summed E-state index contributed by atoms with van der Waals surface area (Å²) >= 11 is 0. The fourth-order valence-corrected chi connectivity index (χ4v) is 1.79. The van der Waals surface area contributed by atoms with Crippen molar-refractivity contribution in [2.45, 2.75) is 13.5 Å². The smallest absolute Gasteiger partial charge is 0.258 e. The molecule has 1 aromatic heterocycles. The van der Waals surface area contributed by atoms with Crippen LogP contribution >= 0.6 is 0 Å². The molecule has 3 aromatic rings. The minimum absolute atomic E-state index is 0.291. The van der Waals surface area contributed by atoms with Crippen molar-refractivity contribution in [2.24, 2.45) is 0 Å². The monoisotopic (exact) mass is 266 g/mol. The quantitative estimate of drug-likeness (QED) is 0.723. The third-order valence-electron chi connectivity index (χ3n) is 2.88. The number of benzene rings is 2. The fourth-order valence-electron chi connectivity index (χ4n) is 1.79. The molecule has 0 atom stereocenters. The van der Waals surface area contributed by atoms with E-state index in [2.05, 4.69) is 10.1 Å². The van der Waals surface area contributed by atoms with Crippen molar-refractivity contribution >= 4 is 0 Å². The number of hydrogen-bond acceptors (Lipinski definition) is 4. The molecule has 2 aromatic carbocycles. The number of hydrogen-bond donors (Lipinski definition) is 0. The molecule has 0 aliphatic carbocycles. The Bertz CT molecular complexity index is 675. The highest BCUT2D eigenvalue weighted by molar-refractivity contribution is 5.51. The summed E-state index contributed by atoms with van der Waals surface area (Å²) in [5.74, 6) is 1.83. The van der Waals surface area contributed by atoms with Gasteiger partial charge in [-0.25, -0.2) is 0 Å². The van der Waals surface area contributed by atoms with Crippen LogP contribution in [0.4, 0.5) is 0 Å². The Morgan fingerprint density at radius 3 is 2.50 bits per heavy atom. The fraction of sp³-hybridized carbons (Fsp3) is 0.125. The molecule has 0 saturated carbocycles. The van der Waals surface area contributed by atoms with E-state index >= 15 is 0 Å². The molecule has 4 heteroatoms. The van der Waals surface area contributed by atoms with E-state index in [0.717, 1.165) is 11.3 Å². The molecule has 20 heavy (non-hydrogen) atoms. The van der Waals surface area contributed by atoms with Crippen LogP contribution in [0.15, 0.2) is 59.1 Å². The van der Waals surface area contributed by atoms with E-state index in [4.69, 9.17) is 9.26 Å². The van der Waals surface area contributed by atoms with Gasteiger partial charge in [0, 0.05) is 5.56 Å². The van der Waals surface area contributed by atoms with Crippen molar-refractivity contribution < 1.29 is 9.26 Å². The number of rotatable bonds is 4. The maximum absolute atomic E-state index is 5.61. The Kier molecular flexibility index (Phi) is 3.46. The van der Waals surface area contributed by atoms with Crippen molar-refractivity contribution in [3.05, 3.63) is 66.0 Å². The van der Waals surface area contributed by atoms with Gasteiger partial charge in [0.15, 0.2) is 6.61 Å². The van der Waals surface area contributed by atoms with Gasteiger partial charge in [0.1, 0.15) is 5.75 Å². The van der Waals surface area contributed by atoms with Crippen molar-refractivity contribution in [3.8, 4) is 17.2 Å². The summed E-state index contributed by atoms with van der Waals surface area (Å²) in [6.07, 6.45) is 0.